The van der Waals surface area contributed by atoms with Crippen LogP contribution in [0.3, 0.4) is 0 Å². The Morgan fingerprint density at radius 1 is 1.58 bits per heavy atom. The second kappa shape index (κ2) is 6.07. The van der Waals surface area contributed by atoms with Crippen molar-refractivity contribution < 1.29 is 24.7 Å². The van der Waals surface area contributed by atoms with Gasteiger partial charge in [0.05, 0.1) is 24.6 Å². The van der Waals surface area contributed by atoms with E-state index in [0.717, 1.165) is 19.4 Å². The van der Waals surface area contributed by atoms with Gasteiger partial charge in [0.2, 0.25) is 0 Å². The number of rotatable bonds is 5. The third-order valence-corrected chi connectivity index (χ3v) is 2.41. The van der Waals surface area contributed by atoms with Gasteiger partial charge in [0.15, 0.2) is 0 Å². The molecule has 0 saturated carbocycles. The third kappa shape index (κ3) is 3.60. The van der Waals surface area contributed by atoms with Crippen molar-refractivity contribution >= 4 is 11.7 Å². The molecule has 104 valence electrons. The zero-order chi connectivity index (χ0) is 14.6. The van der Waals surface area contributed by atoms with Crippen LogP contribution in [0.5, 0.6) is 0 Å². The Bertz CT molecular complexity index is 539. The van der Waals surface area contributed by atoms with E-state index in [1.807, 2.05) is 0 Å². The molecule has 2 atom stereocenters. The maximum Gasteiger partial charge on any atom is 0.334 e. The highest BCUT2D eigenvalue weighted by atomic mass is 16.6. The number of H-pyrrole nitrogens is 1. The van der Waals surface area contributed by atoms with Crippen molar-refractivity contribution in [1.29, 1.82) is 0 Å². The van der Waals surface area contributed by atoms with Crippen molar-refractivity contribution in [1.82, 2.24) is 4.98 Å². The lowest BCUT2D eigenvalue weighted by Crippen LogP contribution is -2.23. The number of aromatic amines is 1. The van der Waals surface area contributed by atoms with E-state index in [1.54, 1.807) is 0 Å². The molecule has 1 heterocycles. The molecule has 9 heteroatoms. The number of hydrogen-bond donors (Lipinski definition) is 3. The highest BCUT2D eigenvalue weighted by molar-refractivity contribution is 5.69. The molecule has 1 aromatic rings. The van der Waals surface area contributed by atoms with Gasteiger partial charge in [-0.15, -0.1) is 0 Å². The molecule has 0 saturated heterocycles. The van der Waals surface area contributed by atoms with Crippen LogP contribution in [0, 0.1) is 10.1 Å². The van der Waals surface area contributed by atoms with Crippen molar-refractivity contribution in [2.45, 2.75) is 18.6 Å². The zero-order valence-corrected chi connectivity index (χ0v) is 9.90. The molecular weight excluding hydrogens is 260 g/mol. The minimum Gasteiger partial charge on any atom is -0.469 e. The number of carbonyl (C=O) groups is 1. The summed E-state index contributed by atoms with van der Waals surface area (Å²) in [5.74, 6) is -0.745. The van der Waals surface area contributed by atoms with Gasteiger partial charge in [-0.05, 0) is 0 Å². The molecule has 1 aromatic heterocycles. The monoisotopic (exact) mass is 272 g/mol. The summed E-state index contributed by atoms with van der Waals surface area (Å²) in [6.07, 6.45) is -2.52. The number of nitrogens with zero attached hydrogens (tertiary/aromatic N) is 1. The number of carbonyl (C=O) groups excluding carboxylic acids is 1. The van der Waals surface area contributed by atoms with Crippen LogP contribution in [0.1, 0.15) is 18.1 Å². The molecule has 0 spiro atoms. The Morgan fingerprint density at radius 3 is 2.74 bits per heavy atom. The molecule has 9 nitrogen and oxygen atoms in total. The standard InChI is InChI=1S/C10H12N2O7/c1-19-8(14)3-7(13)9(15)5-2-6(12(17)18)10(16)11-4-5/h2,4,7,9,13,15H,3H2,1H3,(H,11,16). The average Bonchev–Trinajstić information content (AvgIpc) is 2.37. The van der Waals surface area contributed by atoms with Gasteiger partial charge in [0.1, 0.15) is 6.10 Å². The molecule has 0 aromatic carbocycles. The van der Waals surface area contributed by atoms with Gasteiger partial charge < -0.3 is 19.9 Å². The van der Waals surface area contributed by atoms with Gasteiger partial charge in [-0.2, -0.15) is 0 Å². The van der Waals surface area contributed by atoms with E-state index in [9.17, 15) is 29.9 Å². The molecule has 2 unspecified atom stereocenters. The van der Waals surface area contributed by atoms with Gasteiger partial charge in [-0.25, -0.2) is 0 Å². The first-order chi connectivity index (χ1) is 8.86. The summed E-state index contributed by atoms with van der Waals surface area (Å²) in [6, 6.07) is 0.837. The lowest BCUT2D eigenvalue weighted by Gasteiger charge is -2.16. The maximum absolute atomic E-state index is 11.1. The first-order valence-electron chi connectivity index (χ1n) is 5.16. The van der Waals surface area contributed by atoms with Gasteiger partial charge in [0.25, 0.3) is 0 Å². The van der Waals surface area contributed by atoms with Crippen LogP contribution < -0.4 is 5.56 Å². The Morgan fingerprint density at radius 2 is 2.21 bits per heavy atom. The maximum atomic E-state index is 11.1. The second-order valence-electron chi connectivity index (χ2n) is 3.70. The smallest absolute Gasteiger partial charge is 0.334 e. The first-order valence-corrected chi connectivity index (χ1v) is 5.16. The van der Waals surface area contributed by atoms with Crippen LogP contribution >= 0.6 is 0 Å². The summed E-state index contributed by atoms with van der Waals surface area (Å²) in [7, 11) is 1.12. The fourth-order valence-corrected chi connectivity index (χ4v) is 1.38. The molecule has 0 radical (unpaired) electrons. The minimum absolute atomic E-state index is 0.0808. The van der Waals surface area contributed by atoms with Crippen molar-refractivity contribution in [3.63, 3.8) is 0 Å². The molecule has 19 heavy (non-hydrogen) atoms. The van der Waals surface area contributed by atoms with Crippen LogP contribution in [0.4, 0.5) is 5.69 Å². The SMILES string of the molecule is COC(=O)CC(O)C(O)c1c[nH]c(=O)c([N+](=O)[O-])c1. The molecule has 3 N–H and O–H groups in total. The van der Waals surface area contributed by atoms with Crippen molar-refractivity contribution in [2.24, 2.45) is 0 Å². The Labute approximate surface area is 106 Å². The average molecular weight is 272 g/mol. The summed E-state index contributed by atoms with van der Waals surface area (Å²) in [6.45, 7) is 0. The molecule has 0 aliphatic carbocycles. The number of aromatic nitrogens is 1. The van der Waals surface area contributed by atoms with Crippen LogP contribution in [-0.2, 0) is 9.53 Å². The van der Waals surface area contributed by atoms with E-state index in [1.165, 1.54) is 0 Å². The highest BCUT2D eigenvalue weighted by Crippen LogP contribution is 2.20. The molecule has 0 fully saturated rings. The Hall–Kier alpha value is -2.26. The number of methoxy groups -OCH3 is 1. The van der Waals surface area contributed by atoms with Gasteiger partial charge >= 0.3 is 17.2 Å². The normalized spacial score (nSPS) is 13.6. The molecule has 0 aliphatic rings. The number of pyridine rings is 1. The van der Waals surface area contributed by atoms with E-state index in [0.29, 0.717) is 0 Å². The van der Waals surface area contributed by atoms with E-state index >= 15 is 0 Å². The molecule has 0 aliphatic heterocycles. The van der Waals surface area contributed by atoms with Crippen LogP contribution in [0.15, 0.2) is 17.1 Å². The summed E-state index contributed by atoms with van der Waals surface area (Å²) in [5, 5.41) is 29.8. The van der Waals surface area contributed by atoms with Gasteiger partial charge in [-0.1, -0.05) is 0 Å². The van der Waals surface area contributed by atoms with E-state index in [4.69, 9.17) is 0 Å². The fourth-order valence-electron chi connectivity index (χ4n) is 1.38. The Balaban J connectivity index is 2.96. The number of hydrogen-bond acceptors (Lipinski definition) is 7. The quantitative estimate of drug-likeness (QED) is 0.363. The minimum atomic E-state index is -1.56. The third-order valence-electron chi connectivity index (χ3n) is 2.41. The van der Waals surface area contributed by atoms with Crippen LogP contribution in [0.2, 0.25) is 0 Å². The summed E-state index contributed by atoms with van der Waals surface area (Å²) < 4.78 is 4.31. The van der Waals surface area contributed by atoms with E-state index in [2.05, 4.69) is 9.72 Å². The second-order valence-corrected chi connectivity index (χ2v) is 3.70. The molecule has 1 rings (SSSR count). The van der Waals surface area contributed by atoms with Gasteiger partial charge in [0, 0.05) is 17.8 Å². The summed E-state index contributed by atoms with van der Waals surface area (Å²) >= 11 is 0. The van der Waals surface area contributed by atoms with Crippen molar-refractivity contribution in [3.8, 4) is 0 Å². The first kappa shape index (κ1) is 14.8. The van der Waals surface area contributed by atoms with Gasteiger partial charge in [-0.3, -0.25) is 19.7 Å². The predicted molar refractivity (Wildman–Crippen MR) is 61.3 cm³/mol. The topological polar surface area (TPSA) is 143 Å². The zero-order valence-electron chi connectivity index (χ0n) is 9.90. The summed E-state index contributed by atoms with van der Waals surface area (Å²) in [5.41, 5.74) is -1.77. The van der Waals surface area contributed by atoms with Crippen LogP contribution in [-0.4, -0.2) is 39.3 Å². The molecule has 0 bridgehead atoms. The highest BCUT2D eigenvalue weighted by Gasteiger charge is 2.24. The number of ether oxygens (including phenoxy) is 1. The van der Waals surface area contributed by atoms with Crippen LogP contribution in [0.25, 0.3) is 0 Å². The number of nitro groups is 1. The van der Waals surface area contributed by atoms with E-state index in [-0.39, 0.29) is 5.56 Å². The number of aliphatic hydroxyl groups is 2. The van der Waals surface area contributed by atoms with E-state index < -0.39 is 40.8 Å². The largest absolute Gasteiger partial charge is 0.469 e. The Kier molecular flexibility index (Phi) is 4.73. The van der Waals surface area contributed by atoms with Crippen molar-refractivity contribution in [2.75, 3.05) is 7.11 Å². The fraction of sp³-hybridized carbons (Fsp3) is 0.400. The van der Waals surface area contributed by atoms with Crippen molar-refractivity contribution in [3.05, 3.63) is 38.3 Å². The summed E-state index contributed by atoms with van der Waals surface area (Å²) in [4.78, 5) is 33.8. The number of aliphatic hydroxyl groups excluding tert-OH is 2. The molecular formula is C10H12N2O7. The molecule has 0 amide bonds. The lowest BCUT2D eigenvalue weighted by atomic mass is 10.0. The lowest BCUT2D eigenvalue weighted by molar-refractivity contribution is -0.386. The number of esters is 1. The number of nitrogens with one attached hydrogen (secondary N) is 1. The predicted octanol–water partition coefficient (Wildman–Crippen LogP) is -0.760.